The first-order valence-electron chi connectivity index (χ1n) is 9.06. The minimum Gasteiger partial charge on any atom is -0.444 e. The number of carbonyl (C=O) groups is 3. The number of Topliss-reactive ketones (excluding diaryl/α,β-unsaturated/α-hetero) is 1. The van der Waals surface area contributed by atoms with Crippen LogP contribution in [-0.4, -0.2) is 47.4 Å². The van der Waals surface area contributed by atoms with Crippen molar-refractivity contribution in [1.82, 2.24) is 10.2 Å². The van der Waals surface area contributed by atoms with Gasteiger partial charge in [0.15, 0.2) is 0 Å². The maximum atomic E-state index is 12.9. The summed E-state index contributed by atoms with van der Waals surface area (Å²) in [6.07, 6.45) is 5.52. The first-order chi connectivity index (χ1) is 11.3. The number of nitrogens with zero attached hydrogens (tertiary/aromatic N) is 1. The first kappa shape index (κ1) is 18.7. The molecule has 1 N–H and O–H groups in total. The molecule has 1 saturated carbocycles. The van der Waals surface area contributed by atoms with E-state index in [1.54, 1.807) is 25.7 Å². The highest BCUT2D eigenvalue weighted by Crippen LogP contribution is 2.28. The number of piperidine rings is 1. The lowest BCUT2D eigenvalue weighted by Gasteiger charge is -2.35. The normalized spacial score (nSPS) is 21.3. The lowest BCUT2D eigenvalue weighted by Crippen LogP contribution is -2.55. The second-order valence-corrected chi connectivity index (χ2v) is 7.89. The van der Waals surface area contributed by atoms with Crippen molar-refractivity contribution in [2.24, 2.45) is 5.92 Å². The molecule has 2 amide bonds. The van der Waals surface area contributed by atoms with Crippen LogP contribution in [0.4, 0.5) is 4.79 Å². The van der Waals surface area contributed by atoms with Crippen LogP contribution in [0.15, 0.2) is 0 Å². The van der Waals surface area contributed by atoms with Crippen LogP contribution in [0.1, 0.15) is 65.7 Å². The predicted molar refractivity (Wildman–Crippen MR) is 90.6 cm³/mol. The quantitative estimate of drug-likeness (QED) is 0.858. The first-order valence-corrected chi connectivity index (χ1v) is 9.06. The Morgan fingerprint density at radius 3 is 2.25 bits per heavy atom. The van der Waals surface area contributed by atoms with Gasteiger partial charge in [0.1, 0.15) is 17.4 Å². The van der Waals surface area contributed by atoms with Crippen LogP contribution >= 0.6 is 0 Å². The standard InChI is InChI=1S/C18H30N2O4/c1-18(2,3)24-17(23)19-15(13-7-5-4-6-8-13)16(22)20-11-9-14(21)10-12-20/h13,15H,4-12H2,1-3H3,(H,19,23)/t15-/m0/s1. The van der Waals surface area contributed by atoms with Gasteiger partial charge in [0.05, 0.1) is 0 Å². The van der Waals surface area contributed by atoms with Crippen LogP contribution in [-0.2, 0) is 14.3 Å². The molecule has 0 aromatic heterocycles. The molecular weight excluding hydrogens is 308 g/mol. The van der Waals surface area contributed by atoms with E-state index in [1.165, 1.54) is 6.42 Å². The van der Waals surface area contributed by atoms with E-state index in [4.69, 9.17) is 4.74 Å². The summed E-state index contributed by atoms with van der Waals surface area (Å²) in [5.74, 6) is 0.282. The van der Waals surface area contributed by atoms with E-state index in [9.17, 15) is 14.4 Å². The Labute approximate surface area is 144 Å². The van der Waals surface area contributed by atoms with Gasteiger partial charge in [-0.15, -0.1) is 0 Å². The summed E-state index contributed by atoms with van der Waals surface area (Å²) in [4.78, 5) is 38.3. The molecule has 1 heterocycles. The molecule has 0 aromatic carbocycles. The molecule has 0 aromatic rings. The Balaban J connectivity index is 2.05. The van der Waals surface area contributed by atoms with E-state index >= 15 is 0 Å². The zero-order chi connectivity index (χ0) is 17.7. The van der Waals surface area contributed by atoms with Gasteiger partial charge in [0.25, 0.3) is 0 Å². The second kappa shape index (κ2) is 7.99. The summed E-state index contributed by atoms with van der Waals surface area (Å²) in [6, 6.07) is -0.548. The van der Waals surface area contributed by atoms with Crippen LogP contribution in [0.5, 0.6) is 0 Å². The summed E-state index contributed by atoms with van der Waals surface area (Å²) in [5.41, 5.74) is -0.595. The minimum absolute atomic E-state index is 0.0692. The Kier molecular flexibility index (Phi) is 6.24. The van der Waals surface area contributed by atoms with E-state index in [-0.39, 0.29) is 17.6 Å². The number of likely N-dealkylation sites (tertiary alicyclic amines) is 1. The molecule has 24 heavy (non-hydrogen) atoms. The Morgan fingerprint density at radius 2 is 1.71 bits per heavy atom. The van der Waals surface area contributed by atoms with Gasteiger partial charge in [-0.3, -0.25) is 9.59 Å². The van der Waals surface area contributed by atoms with Crippen molar-refractivity contribution in [3.63, 3.8) is 0 Å². The number of hydrogen-bond donors (Lipinski definition) is 1. The minimum atomic E-state index is -0.595. The van der Waals surface area contributed by atoms with Crippen molar-refractivity contribution in [2.75, 3.05) is 13.1 Å². The molecule has 1 saturated heterocycles. The molecule has 1 atom stereocenters. The fourth-order valence-electron chi connectivity index (χ4n) is 3.46. The molecule has 6 heteroatoms. The summed E-state index contributed by atoms with van der Waals surface area (Å²) >= 11 is 0. The van der Waals surface area contributed by atoms with Gasteiger partial charge in [-0.25, -0.2) is 4.79 Å². The van der Waals surface area contributed by atoms with Crippen LogP contribution in [0, 0.1) is 5.92 Å². The largest absolute Gasteiger partial charge is 0.444 e. The molecular formula is C18H30N2O4. The summed E-state index contributed by atoms with van der Waals surface area (Å²) in [6.45, 7) is 6.33. The third-order valence-corrected chi connectivity index (χ3v) is 4.69. The fraction of sp³-hybridized carbons (Fsp3) is 0.833. The number of alkyl carbamates (subject to hydrolysis) is 1. The molecule has 0 bridgehead atoms. The molecule has 0 spiro atoms. The lowest BCUT2D eigenvalue weighted by atomic mass is 9.83. The summed E-state index contributed by atoms with van der Waals surface area (Å²) in [7, 11) is 0. The maximum absolute atomic E-state index is 12.9. The Hall–Kier alpha value is -1.59. The van der Waals surface area contributed by atoms with E-state index in [0.717, 1.165) is 25.7 Å². The molecule has 2 rings (SSSR count). The predicted octanol–water partition coefficient (Wildman–Crippen LogP) is 2.65. The second-order valence-electron chi connectivity index (χ2n) is 7.89. The van der Waals surface area contributed by atoms with Gasteiger partial charge in [0.2, 0.25) is 5.91 Å². The van der Waals surface area contributed by atoms with Gasteiger partial charge in [-0.1, -0.05) is 19.3 Å². The molecule has 6 nitrogen and oxygen atoms in total. The van der Waals surface area contributed by atoms with E-state index in [2.05, 4.69) is 5.32 Å². The summed E-state index contributed by atoms with van der Waals surface area (Å²) in [5, 5.41) is 2.81. The molecule has 2 aliphatic rings. The highest BCUT2D eigenvalue weighted by molar-refractivity contribution is 5.88. The van der Waals surface area contributed by atoms with Crippen molar-refractivity contribution in [3.8, 4) is 0 Å². The van der Waals surface area contributed by atoms with Crippen molar-refractivity contribution in [3.05, 3.63) is 0 Å². The number of rotatable bonds is 3. The SMILES string of the molecule is CC(C)(C)OC(=O)N[C@H](C(=O)N1CCC(=O)CC1)C1CCCCC1. The molecule has 2 fully saturated rings. The highest BCUT2D eigenvalue weighted by Gasteiger charge is 2.35. The number of carbonyl (C=O) groups excluding carboxylic acids is 3. The molecule has 0 radical (unpaired) electrons. The highest BCUT2D eigenvalue weighted by atomic mass is 16.6. The average molecular weight is 338 g/mol. The monoisotopic (exact) mass is 338 g/mol. The number of nitrogens with one attached hydrogen (secondary N) is 1. The molecule has 1 aliphatic heterocycles. The Morgan fingerprint density at radius 1 is 1.12 bits per heavy atom. The maximum Gasteiger partial charge on any atom is 0.408 e. The summed E-state index contributed by atoms with van der Waals surface area (Å²) < 4.78 is 5.34. The number of ether oxygens (including phenoxy) is 1. The van der Waals surface area contributed by atoms with E-state index in [0.29, 0.717) is 25.9 Å². The Bertz CT molecular complexity index is 468. The average Bonchev–Trinajstić information content (AvgIpc) is 2.52. The lowest BCUT2D eigenvalue weighted by molar-refractivity contribution is -0.138. The zero-order valence-corrected chi connectivity index (χ0v) is 15.1. The van der Waals surface area contributed by atoms with Crippen molar-refractivity contribution >= 4 is 17.8 Å². The third-order valence-electron chi connectivity index (χ3n) is 4.69. The number of amides is 2. The van der Waals surface area contributed by atoms with Crippen LogP contribution in [0.3, 0.4) is 0 Å². The van der Waals surface area contributed by atoms with Crippen molar-refractivity contribution in [1.29, 1.82) is 0 Å². The smallest absolute Gasteiger partial charge is 0.408 e. The van der Waals surface area contributed by atoms with Crippen molar-refractivity contribution in [2.45, 2.75) is 77.4 Å². The van der Waals surface area contributed by atoms with Gasteiger partial charge in [0, 0.05) is 25.9 Å². The topological polar surface area (TPSA) is 75.7 Å². The van der Waals surface area contributed by atoms with Gasteiger partial charge in [-0.2, -0.15) is 0 Å². The van der Waals surface area contributed by atoms with Crippen molar-refractivity contribution < 1.29 is 19.1 Å². The van der Waals surface area contributed by atoms with Gasteiger partial charge < -0.3 is 15.0 Å². The van der Waals surface area contributed by atoms with Gasteiger partial charge in [-0.05, 0) is 39.5 Å². The van der Waals surface area contributed by atoms with Crippen LogP contribution < -0.4 is 5.32 Å². The number of ketones is 1. The van der Waals surface area contributed by atoms with E-state index in [1.807, 2.05) is 0 Å². The number of hydrogen-bond acceptors (Lipinski definition) is 4. The molecule has 1 aliphatic carbocycles. The zero-order valence-electron chi connectivity index (χ0n) is 15.1. The molecule has 0 unspecified atom stereocenters. The fourth-order valence-corrected chi connectivity index (χ4v) is 3.46. The van der Waals surface area contributed by atoms with E-state index < -0.39 is 17.7 Å². The van der Waals surface area contributed by atoms with Gasteiger partial charge >= 0.3 is 6.09 Å². The van der Waals surface area contributed by atoms with Crippen LogP contribution in [0.2, 0.25) is 0 Å². The van der Waals surface area contributed by atoms with Crippen LogP contribution in [0.25, 0.3) is 0 Å². The molecule has 136 valence electrons. The third kappa shape index (κ3) is 5.49.